The number of benzene rings is 3. The third kappa shape index (κ3) is 2.49. The van der Waals surface area contributed by atoms with E-state index in [1.54, 1.807) is 0 Å². The minimum Gasteiger partial charge on any atom is -0.235 e. The lowest BCUT2D eigenvalue weighted by Gasteiger charge is -2.14. The highest BCUT2D eigenvalue weighted by atomic mass is 35.5. The molecule has 0 N–H and O–H groups in total. The van der Waals surface area contributed by atoms with Crippen LogP contribution in [0.3, 0.4) is 0 Å². The topological polar surface area (TPSA) is 12.9 Å². The Kier molecular flexibility index (Phi) is 3.57. The Morgan fingerprint density at radius 3 is 1.74 bits per heavy atom. The van der Waals surface area contributed by atoms with Gasteiger partial charge in [-0.2, -0.15) is 0 Å². The van der Waals surface area contributed by atoms with E-state index >= 15 is 0 Å². The molecule has 0 amide bonds. The Morgan fingerprint density at radius 2 is 1.09 bits per heavy atom. The van der Waals surface area contributed by atoms with Crippen LogP contribution in [0.1, 0.15) is 0 Å². The van der Waals surface area contributed by atoms with Crippen molar-refractivity contribution in [3.8, 4) is 22.4 Å². The van der Waals surface area contributed by atoms with Gasteiger partial charge in [0.15, 0.2) is 0 Å². The van der Waals surface area contributed by atoms with Gasteiger partial charge in [-0.25, -0.2) is 4.98 Å². The predicted molar refractivity (Wildman–Crippen MR) is 97.6 cm³/mol. The molecule has 0 spiro atoms. The number of aromatic nitrogens is 1. The van der Waals surface area contributed by atoms with Gasteiger partial charge in [0, 0.05) is 16.5 Å². The van der Waals surface area contributed by atoms with Crippen molar-refractivity contribution in [2.75, 3.05) is 0 Å². The van der Waals surface area contributed by atoms with E-state index in [0.717, 1.165) is 33.2 Å². The van der Waals surface area contributed by atoms with Crippen LogP contribution in [0.25, 0.3) is 33.2 Å². The molecular weight excluding hydrogens is 302 g/mol. The van der Waals surface area contributed by atoms with E-state index in [4.69, 9.17) is 16.6 Å². The van der Waals surface area contributed by atoms with Crippen molar-refractivity contribution in [1.29, 1.82) is 0 Å². The molecule has 0 saturated carbocycles. The molecule has 4 aromatic rings. The molecule has 0 aliphatic heterocycles. The summed E-state index contributed by atoms with van der Waals surface area (Å²) in [7, 11) is 0. The maximum Gasteiger partial charge on any atom is 0.137 e. The molecule has 0 aliphatic rings. The first-order chi connectivity index (χ1) is 11.3. The maximum atomic E-state index is 6.46. The minimum atomic E-state index is 0.541. The van der Waals surface area contributed by atoms with Gasteiger partial charge in [0.25, 0.3) is 0 Å². The van der Waals surface area contributed by atoms with Crippen LogP contribution in [0.15, 0.2) is 84.9 Å². The summed E-state index contributed by atoms with van der Waals surface area (Å²) in [6.45, 7) is 0. The standard InChI is InChI=1S/C21H14ClN/c22-21-18-14-8-7-13-17(18)19(15-9-3-1-4-10-15)20(23-21)16-11-5-2-6-12-16/h1-14H. The summed E-state index contributed by atoms with van der Waals surface area (Å²) in [6.07, 6.45) is 0. The highest BCUT2D eigenvalue weighted by Gasteiger charge is 2.15. The molecule has 0 saturated heterocycles. The number of hydrogen-bond donors (Lipinski definition) is 0. The van der Waals surface area contributed by atoms with Crippen molar-refractivity contribution in [2.24, 2.45) is 0 Å². The van der Waals surface area contributed by atoms with Crippen LogP contribution in [-0.4, -0.2) is 4.98 Å². The predicted octanol–water partition coefficient (Wildman–Crippen LogP) is 6.22. The van der Waals surface area contributed by atoms with Gasteiger partial charge < -0.3 is 0 Å². The molecule has 1 aromatic heterocycles. The Balaban J connectivity index is 2.14. The summed E-state index contributed by atoms with van der Waals surface area (Å²) in [5, 5.41) is 2.64. The van der Waals surface area contributed by atoms with Crippen molar-refractivity contribution in [3.05, 3.63) is 90.1 Å². The maximum absolute atomic E-state index is 6.46. The lowest BCUT2D eigenvalue weighted by atomic mass is 9.94. The summed E-state index contributed by atoms with van der Waals surface area (Å²) >= 11 is 6.46. The van der Waals surface area contributed by atoms with Crippen LogP contribution in [0, 0.1) is 0 Å². The number of pyridine rings is 1. The van der Waals surface area contributed by atoms with Crippen molar-refractivity contribution in [3.63, 3.8) is 0 Å². The van der Waals surface area contributed by atoms with E-state index in [1.807, 2.05) is 54.6 Å². The number of fused-ring (bicyclic) bond motifs is 1. The SMILES string of the molecule is Clc1nc(-c2ccccc2)c(-c2ccccc2)c2ccccc12. The molecule has 1 nitrogen and oxygen atoms in total. The third-order valence-corrected chi connectivity index (χ3v) is 4.26. The Hall–Kier alpha value is -2.64. The molecule has 2 heteroatoms. The highest BCUT2D eigenvalue weighted by Crippen LogP contribution is 2.38. The van der Waals surface area contributed by atoms with Gasteiger partial charge in [0.05, 0.1) is 5.69 Å². The Bertz CT molecular complexity index is 963. The van der Waals surface area contributed by atoms with E-state index in [0.29, 0.717) is 5.15 Å². The largest absolute Gasteiger partial charge is 0.235 e. The Labute approximate surface area is 140 Å². The summed E-state index contributed by atoms with van der Waals surface area (Å²) in [4.78, 5) is 4.71. The summed E-state index contributed by atoms with van der Waals surface area (Å²) in [5.41, 5.74) is 4.25. The molecule has 4 rings (SSSR count). The molecule has 1 heterocycles. The van der Waals surface area contributed by atoms with Crippen LogP contribution in [0.4, 0.5) is 0 Å². The summed E-state index contributed by atoms with van der Waals surface area (Å²) in [6, 6.07) is 28.7. The van der Waals surface area contributed by atoms with E-state index in [1.165, 1.54) is 0 Å². The van der Waals surface area contributed by atoms with Crippen molar-refractivity contribution >= 4 is 22.4 Å². The number of halogens is 1. The molecule has 23 heavy (non-hydrogen) atoms. The van der Waals surface area contributed by atoms with Crippen LogP contribution >= 0.6 is 11.6 Å². The van der Waals surface area contributed by atoms with E-state index in [9.17, 15) is 0 Å². The lowest BCUT2D eigenvalue weighted by Crippen LogP contribution is -1.93. The van der Waals surface area contributed by atoms with E-state index in [2.05, 4.69) is 30.3 Å². The van der Waals surface area contributed by atoms with Gasteiger partial charge in [-0.3, -0.25) is 0 Å². The zero-order chi connectivity index (χ0) is 15.6. The minimum absolute atomic E-state index is 0.541. The average Bonchev–Trinajstić information content (AvgIpc) is 2.63. The average molecular weight is 316 g/mol. The van der Waals surface area contributed by atoms with Gasteiger partial charge >= 0.3 is 0 Å². The van der Waals surface area contributed by atoms with E-state index < -0.39 is 0 Å². The fourth-order valence-electron chi connectivity index (χ4n) is 2.92. The third-order valence-electron chi connectivity index (χ3n) is 3.98. The Morgan fingerprint density at radius 1 is 0.565 bits per heavy atom. The van der Waals surface area contributed by atoms with Crippen molar-refractivity contribution < 1.29 is 0 Å². The smallest absolute Gasteiger partial charge is 0.137 e. The highest BCUT2D eigenvalue weighted by molar-refractivity contribution is 6.35. The fourth-order valence-corrected chi connectivity index (χ4v) is 3.17. The van der Waals surface area contributed by atoms with Crippen LogP contribution in [-0.2, 0) is 0 Å². The van der Waals surface area contributed by atoms with Crippen molar-refractivity contribution in [1.82, 2.24) is 4.98 Å². The van der Waals surface area contributed by atoms with Crippen LogP contribution in [0.5, 0.6) is 0 Å². The fraction of sp³-hybridized carbons (Fsp3) is 0. The van der Waals surface area contributed by atoms with Gasteiger partial charge in [-0.1, -0.05) is 96.5 Å². The molecule has 0 bridgehead atoms. The molecule has 3 aromatic carbocycles. The van der Waals surface area contributed by atoms with Gasteiger partial charge in [-0.05, 0) is 10.9 Å². The van der Waals surface area contributed by atoms with Gasteiger partial charge in [0.2, 0.25) is 0 Å². The second-order valence-electron chi connectivity index (χ2n) is 5.40. The summed E-state index contributed by atoms with van der Waals surface area (Å²) in [5.74, 6) is 0. The van der Waals surface area contributed by atoms with Gasteiger partial charge in [0.1, 0.15) is 5.15 Å². The monoisotopic (exact) mass is 315 g/mol. The first-order valence-electron chi connectivity index (χ1n) is 7.53. The van der Waals surface area contributed by atoms with E-state index in [-0.39, 0.29) is 0 Å². The number of rotatable bonds is 2. The molecule has 0 atom stereocenters. The van der Waals surface area contributed by atoms with Crippen LogP contribution in [0.2, 0.25) is 5.15 Å². The first kappa shape index (κ1) is 14.0. The molecule has 0 aliphatic carbocycles. The zero-order valence-corrected chi connectivity index (χ0v) is 13.2. The quantitative estimate of drug-likeness (QED) is 0.400. The molecule has 0 unspecified atom stereocenters. The second kappa shape index (κ2) is 5.86. The first-order valence-corrected chi connectivity index (χ1v) is 7.91. The lowest BCUT2D eigenvalue weighted by molar-refractivity contribution is 1.35. The molecule has 110 valence electrons. The molecular formula is C21H14ClN. The number of nitrogens with zero attached hydrogens (tertiary/aromatic N) is 1. The second-order valence-corrected chi connectivity index (χ2v) is 5.76. The molecule has 0 radical (unpaired) electrons. The normalized spacial score (nSPS) is 10.8. The summed E-state index contributed by atoms with van der Waals surface area (Å²) < 4.78 is 0. The van der Waals surface area contributed by atoms with Crippen molar-refractivity contribution in [2.45, 2.75) is 0 Å². The number of hydrogen-bond acceptors (Lipinski definition) is 1. The van der Waals surface area contributed by atoms with Gasteiger partial charge in [-0.15, -0.1) is 0 Å². The van der Waals surface area contributed by atoms with Crippen LogP contribution < -0.4 is 0 Å². The molecule has 0 fully saturated rings. The zero-order valence-electron chi connectivity index (χ0n) is 12.4.